The van der Waals surface area contributed by atoms with E-state index >= 15 is 0 Å². The van der Waals surface area contributed by atoms with Gasteiger partial charge in [-0.15, -0.1) is 11.3 Å². The maximum absolute atomic E-state index is 13.6. The van der Waals surface area contributed by atoms with E-state index in [1.165, 1.54) is 10.4 Å². The summed E-state index contributed by atoms with van der Waals surface area (Å²) in [5.41, 5.74) is 2.38. The number of carbonyl (C=O) groups excluding carboxylic acids is 2. The Morgan fingerprint density at radius 2 is 1.90 bits per heavy atom. The highest BCUT2D eigenvalue weighted by Crippen LogP contribution is 2.38. The lowest BCUT2D eigenvalue weighted by molar-refractivity contribution is -0.145. The summed E-state index contributed by atoms with van der Waals surface area (Å²) in [4.78, 5) is 32.1. The molecular formula is C25H32N2O2S. The largest absolute Gasteiger partial charge is 0.330 e. The van der Waals surface area contributed by atoms with Crippen LogP contribution in [0.1, 0.15) is 68.0 Å². The van der Waals surface area contributed by atoms with Crippen molar-refractivity contribution in [3.8, 4) is 0 Å². The molecule has 2 unspecified atom stereocenters. The van der Waals surface area contributed by atoms with Gasteiger partial charge in [-0.3, -0.25) is 9.59 Å². The first-order valence-electron chi connectivity index (χ1n) is 11.3. The number of hydrogen-bond donors (Lipinski definition) is 0. The van der Waals surface area contributed by atoms with Crippen LogP contribution in [0.3, 0.4) is 0 Å². The summed E-state index contributed by atoms with van der Waals surface area (Å²) in [6.07, 6.45) is 5.94. The summed E-state index contributed by atoms with van der Waals surface area (Å²) >= 11 is 1.78. The Labute approximate surface area is 183 Å². The average molecular weight is 425 g/mol. The Morgan fingerprint density at radius 3 is 2.60 bits per heavy atom. The Bertz CT molecular complexity index is 872. The Morgan fingerprint density at radius 1 is 1.17 bits per heavy atom. The monoisotopic (exact) mass is 424 g/mol. The molecule has 2 heterocycles. The first-order valence-corrected chi connectivity index (χ1v) is 12.2. The van der Waals surface area contributed by atoms with Gasteiger partial charge in [-0.1, -0.05) is 50.1 Å². The lowest BCUT2D eigenvalue weighted by Gasteiger charge is -2.39. The molecule has 1 aromatic heterocycles. The summed E-state index contributed by atoms with van der Waals surface area (Å²) < 4.78 is 0. The smallest absolute Gasteiger partial charge is 0.243 e. The van der Waals surface area contributed by atoms with Crippen LogP contribution in [-0.4, -0.2) is 40.7 Å². The SMILES string of the molecule is CCC(C)N(CC(=O)N1CCc2sccc2C1c1ccccc1)C(=O)C1CCCC1. The molecule has 0 N–H and O–H groups in total. The van der Waals surface area contributed by atoms with E-state index in [0.717, 1.165) is 44.1 Å². The molecule has 1 aliphatic heterocycles. The van der Waals surface area contributed by atoms with Crippen molar-refractivity contribution < 1.29 is 9.59 Å². The Kier molecular flexibility index (Phi) is 6.57. The van der Waals surface area contributed by atoms with Gasteiger partial charge >= 0.3 is 0 Å². The number of rotatable bonds is 6. The van der Waals surface area contributed by atoms with E-state index in [9.17, 15) is 9.59 Å². The van der Waals surface area contributed by atoms with Crippen LogP contribution in [0.25, 0.3) is 0 Å². The van der Waals surface area contributed by atoms with Crippen LogP contribution in [-0.2, 0) is 16.0 Å². The maximum Gasteiger partial charge on any atom is 0.243 e. The predicted octanol–water partition coefficient (Wildman–Crippen LogP) is 5.04. The fourth-order valence-corrected chi connectivity index (χ4v) is 5.80. The van der Waals surface area contributed by atoms with Crippen molar-refractivity contribution in [1.29, 1.82) is 0 Å². The molecule has 2 atom stereocenters. The molecule has 2 amide bonds. The highest BCUT2D eigenvalue weighted by Gasteiger charge is 2.36. The predicted molar refractivity (Wildman–Crippen MR) is 121 cm³/mol. The second kappa shape index (κ2) is 9.34. The molecule has 1 aromatic carbocycles. The molecule has 0 radical (unpaired) electrons. The molecule has 0 saturated heterocycles. The van der Waals surface area contributed by atoms with Crippen LogP contribution in [0.5, 0.6) is 0 Å². The van der Waals surface area contributed by atoms with Crippen molar-refractivity contribution in [1.82, 2.24) is 9.80 Å². The molecule has 1 aliphatic carbocycles. The number of carbonyl (C=O) groups is 2. The molecule has 30 heavy (non-hydrogen) atoms. The van der Waals surface area contributed by atoms with Gasteiger partial charge in [0.15, 0.2) is 0 Å². The molecule has 0 bridgehead atoms. The van der Waals surface area contributed by atoms with Crippen LogP contribution < -0.4 is 0 Å². The van der Waals surface area contributed by atoms with Gasteiger partial charge in [-0.2, -0.15) is 0 Å². The zero-order valence-electron chi connectivity index (χ0n) is 18.0. The zero-order chi connectivity index (χ0) is 21.1. The second-order valence-corrected chi connectivity index (χ2v) is 9.65. The highest BCUT2D eigenvalue weighted by molar-refractivity contribution is 7.10. The third-order valence-corrected chi connectivity index (χ3v) is 7.81. The van der Waals surface area contributed by atoms with Gasteiger partial charge in [0, 0.05) is 23.4 Å². The Balaban J connectivity index is 1.59. The summed E-state index contributed by atoms with van der Waals surface area (Å²) in [6, 6.07) is 12.5. The van der Waals surface area contributed by atoms with Crippen LogP contribution in [0, 0.1) is 5.92 Å². The molecule has 0 spiro atoms. The van der Waals surface area contributed by atoms with E-state index in [-0.39, 0.29) is 36.4 Å². The van der Waals surface area contributed by atoms with E-state index < -0.39 is 0 Å². The highest BCUT2D eigenvalue weighted by atomic mass is 32.1. The molecule has 1 fully saturated rings. The van der Waals surface area contributed by atoms with Crippen molar-refractivity contribution in [3.63, 3.8) is 0 Å². The molecular weight excluding hydrogens is 392 g/mol. The maximum atomic E-state index is 13.6. The van der Waals surface area contributed by atoms with Gasteiger partial charge in [0.25, 0.3) is 0 Å². The minimum atomic E-state index is -0.0611. The van der Waals surface area contributed by atoms with E-state index in [1.807, 2.05) is 28.0 Å². The van der Waals surface area contributed by atoms with Gasteiger partial charge < -0.3 is 9.80 Å². The second-order valence-electron chi connectivity index (χ2n) is 8.65. The number of fused-ring (bicyclic) bond motifs is 1. The summed E-state index contributed by atoms with van der Waals surface area (Å²) in [7, 11) is 0. The van der Waals surface area contributed by atoms with Crippen molar-refractivity contribution in [2.24, 2.45) is 5.92 Å². The number of amides is 2. The standard InChI is InChI=1S/C25H32N2O2S/c1-3-18(2)27(25(29)20-11-7-8-12-20)17-23(28)26-15-13-22-21(14-16-30-22)24(26)19-9-5-4-6-10-19/h4-6,9-10,14,16,18,20,24H,3,7-8,11-13,15,17H2,1-2H3. The number of thiophene rings is 1. The molecule has 5 heteroatoms. The zero-order valence-corrected chi connectivity index (χ0v) is 18.9. The number of benzene rings is 1. The minimum absolute atomic E-state index is 0.0611. The Hall–Kier alpha value is -2.14. The van der Waals surface area contributed by atoms with Gasteiger partial charge in [0.05, 0.1) is 6.04 Å². The van der Waals surface area contributed by atoms with Gasteiger partial charge in [0.2, 0.25) is 11.8 Å². The lowest BCUT2D eigenvalue weighted by Crippen LogP contribution is -2.50. The molecule has 4 rings (SSSR count). The summed E-state index contributed by atoms with van der Waals surface area (Å²) in [5, 5.41) is 2.13. The summed E-state index contributed by atoms with van der Waals surface area (Å²) in [6.45, 7) is 5.06. The normalized spacial score (nSPS) is 20.1. The van der Waals surface area contributed by atoms with E-state index in [1.54, 1.807) is 11.3 Å². The van der Waals surface area contributed by atoms with Crippen LogP contribution in [0.4, 0.5) is 0 Å². The first-order chi connectivity index (χ1) is 14.6. The van der Waals surface area contributed by atoms with Crippen LogP contribution in [0.15, 0.2) is 41.8 Å². The summed E-state index contributed by atoms with van der Waals surface area (Å²) in [5.74, 6) is 0.341. The first kappa shape index (κ1) is 21.1. The van der Waals surface area contributed by atoms with Gasteiger partial charge in [0.1, 0.15) is 6.54 Å². The number of hydrogen-bond acceptors (Lipinski definition) is 3. The van der Waals surface area contributed by atoms with E-state index in [0.29, 0.717) is 6.54 Å². The van der Waals surface area contributed by atoms with Crippen molar-refractivity contribution >= 4 is 23.2 Å². The quantitative estimate of drug-likeness (QED) is 0.652. The van der Waals surface area contributed by atoms with E-state index in [2.05, 4.69) is 37.4 Å². The fraction of sp³-hybridized carbons (Fsp3) is 0.520. The fourth-order valence-electron chi connectivity index (χ4n) is 4.90. The molecule has 2 aliphatic rings. The molecule has 4 nitrogen and oxygen atoms in total. The van der Waals surface area contributed by atoms with Crippen molar-refractivity contribution in [2.75, 3.05) is 13.1 Å². The van der Waals surface area contributed by atoms with Crippen molar-refractivity contribution in [2.45, 2.75) is 64.5 Å². The average Bonchev–Trinajstić information content (AvgIpc) is 3.48. The van der Waals surface area contributed by atoms with Gasteiger partial charge in [-0.25, -0.2) is 0 Å². The lowest BCUT2D eigenvalue weighted by atomic mass is 9.93. The molecule has 1 saturated carbocycles. The third kappa shape index (κ3) is 4.18. The van der Waals surface area contributed by atoms with Crippen LogP contribution >= 0.6 is 11.3 Å². The third-order valence-electron chi connectivity index (χ3n) is 6.82. The van der Waals surface area contributed by atoms with E-state index in [4.69, 9.17) is 0 Å². The molecule has 2 aromatic rings. The van der Waals surface area contributed by atoms with Crippen LogP contribution in [0.2, 0.25) is 0 Å². The number of nitrogens with zero attached hydrogens (tertiary/aromatic N) is 2. The minimum Gasteiger partial charge on any atom is -0.330 e. The van der Waals surface area contributed by atoms with Gasteiger partial charge in [-0.05, 0) is 55.2 Å². The van der Waals surface area contributed by atoms with Crippen molar-refractivity contribution in [3.05, 3.63) is 57.8 Å². The topological polar surface area (TPSA) is 40.6 Å². The molecule has 160 valence electrons.